The summed E-state index contributed by atoms with van der Waals surface area (Å²) in [4.78, 5) is 0. The Labute approximate surface area is 131 Å². The van der Waals surface area contributed by atoms with Gasteiger partial charge < -0.3 is 5.11 Å². The number of rotatable bonds is 8. The SMILES string of the molecule is CCC(C)(CC)CC(c1ccc(O)cc1)C(C)(CC)CC. The van der Waals surface area contributed by atoms with Crippen molar-refractivity contribution in [3.8, 4) is 5.75 Å². The fraction of sp³-hybridized carbons (Fsp3) is 0.700. The lowest BCUT2D eigenvalue weighted by atomic mass is 9.63. The van der Waals surface area contributed by atoms with Crippen LogP contribution in [0.15, 0.2) is 24.3 Å². The molecule has 0 aliphatic rings. The van der Waals surface area contributed by atoms with E-state index in [1.54, 1.807) is 0 Å². The maximum Gasteiger partial charge on any atom is 0.115 e. The summed E-state index contributed by atoms with van der Waals surface area (Å²) in [5.41, 5.74) is 2.10. The summed E-state index contributed by atoms with van der Waals surface area (Å²) < 4.78 is 0. The van der Waals surface area contributed by atoms with Gasteiger partial charge in [-0.1, -0.05) is 79.4 Å². The highest BCUT2D eigenvalue weighted by Gasteiger charge is 2.36. The third kappa shape index (κ3) is 4.25. The van der Waals surface area contributed by atoms with E-state index in [-0.39, 0.29) is 0 Å². The fourth-order valence-electron chi connectivity index (χ4n) is 3.25. The van der Waals surface area contributed by atoms with Gasteiger partial charge in [-0.3, -0.25) is 0 Å². The van der Waals surface area contributed by atoms with E-state index < -0.39 is 0 Å². The molecule has 1 aromatic carbocycles. The Morgan fingerprint density at radius 1 is 0.857 bits per heavy atom. The summed E-state index contributed by atoms with van der Waals surface area (Å²) in [5, 5.41) is 9.58. The Bertz CT molecular complexity index is 410. The quantitative estimate of drug-likeness (QED) is 0.578. The van der Waals surface area contributed by atoms with Crippen molar-refractivity contribution in [1.82, 2.24) is 0 Å². The van der Waals surface area contributed by atoms with Gasteiger partial charge in [-0.05, 0) is 40.9 Å². The van der Waals surface area contributed by atoms with Crippen molar-refractivity contribution in [2.75, 3.05) is 0 Å². The van der Waals surface area contributed by atoms with E-state index in [9.17, 15) is 5.11 Å². The smallest absolute Gasteiger partial charge is 0.115 e. The van der Waals surface area contributed by atoms with E-state index in [0.717, 1.165) is 0 Å². The van der Waals surface area contributed by atoms with Crippen molar-refractivity contribution in [2.45, 2.75) is 79.6 Å². The predicted octanol–water partition coefficient (Wildman–Crippen LogP) is 6.52. The molecule has 0 amide bonds. The van der Waals surface area contributed by atoms with Crippen LogP contribution in [0.25, 0.3) is 0 Å². The average Bonchev–Trinajstić information content (AvgIpc) is 2.52. The van der Waals surface area contributed by atoms with Crippen molar-refractivity contribution in [3.05, 3.63) is 29.8 Å². The highest BCUT2D eigenvalue weighted by Crippen LogP contribution is 2.49. The van der Waals surface area contributed by atoms with Gasteiger partial charge >= 0.3 is 0 Å². The van der Waals surface area contributed by atoms with E-state index in [2.05, 4.69) is 53.7 Å². The van der Waals surface area contributed by atoms with Crippen LogP contribution in [-0.2, 0) is 0 Å². The van der Waals surface area contributed by atoms with E-state index in [1.807, 2.05) is 12.1 Å². The van der Waals surface area contributed by atoms with E-state index in [0.29, 0.717) is 22.5 Å². The maximum atomic E-state index is 9.58. The minimum atomic E-state index is 0.322. The minimum Gasteiger partial charge on any atom is -0.508 e. The summed E-state index contributed by atoms with van der Waals surface area (Å²) in [6.45, 7) is 14.1. The zero-order valence-electron chi connectivity index (χ0n) is 14.9. The van der Waals surface area contributed by atoms with Gasteiger partial charge in [0, 0.05) is 0 Å². The van der Waals surface area contributed by atoms with Crippen molar-refractivity contribution in [2.24, 2.45) is 10.8 Å². The second kappa shape index (κ2) is 7.33. The second-order valence-electron chi connectivity index (χ2n) is 7.23. The molecule has 0 saturated heterocycles. The summed E-state index contributed by atoms with van der Waals surface area (Å²) in [7, 11) is 0. The normalized spacial score (nSPS) is 14.2. The molecular weight excluding hydrogens is 256 g/mol. The molecule has 0 aliphatic heterocycles. The van der Waals surface area contributed by atoms with Crippen molar-refractivity contribution in [3.63, 3.8) is 0 Å². The number of hydrogen-bond donors (Lipinski definition) is 1. The molecule has 0 spiro atoms. The number of hydrogen-bond acceptors (Lipinski definition) is 1. The molecule has 0 bridgehead atoms. The van der Waals surface area contributed by atoms with Crippen LogP contribution < -0.4 is 0 Å². The van der Waals surface area contributed by atoms with Crippen LogP contribution >= 0.6 is 0 Å². The third-order valence-electron chi connectivity index (χ3n) is 6.16. The van der Waals surface area contributed by atoms with Crippen molar-refractivity contribution < 1.29 is 5.11 Å². The first-order valence-electron chi connectivity index (χ1n) is 8.63. The molecule has 0 radical (unpaired) electrons. The van der Waals surface area contributed by atoms with Gasteiger partial charge in [0.25, 0.3) is 0 Å². The predicted molar refractivity (Wildman–Crippen MR) is 92.8 cm³/mol. The summed E-state index contributed by atoms with van der Waals surface area (Å²) in [6.07, 6.45) is 6.06. The Morgan fingerprint density at radius 2 is 1.33 bits per heavy atom. The Morgan fingerprint density at radius 3 is 1.71 bits per heavy atom. The number of phenols is 1. The van der Waals surface area contributed by atoms with Gasteiger partial charge in [0.05, 0.1) is 0 Å². The van der Waals surface area contributed by atoms with Crippen molar-refractivity contribution >= 4 is 0 Å². The summed E-state index contributed by atoms with van der Waals surface area (Å²) in [6, 6.07) is 7.91. The largest absolute Gasteiger partial charge is 0.508 e. The van der Waals surface area contributed by atoms with E-state index in [4.69, 9.17) is 0 Å². The molecular formula is C20H34O. The monoisotopic (exact) mass is 290 g/mol. The molecule has 0 aliphatic carbocycles. The van der Waals surface area contributed by atoms with Gasteiger partial charge in [-0.25, -0.2) is 0 Å². The van der Waals surface area contributed by atoms with Gasteiger partial charge in [-0.15, -0.1) is 0 Å². The maximum absolute atomic E-state index is 9.58. The summed E-state index contributed by atoms with van der Waals surface area (Å²) in [5.74, 6) is 0.916. The van der Waals surface area contributed by atoms with Crippen LogP contribution in [0.3, 0.4) is 0 Å². The van der Waals surface area contributed by atoms with E-state index in [1.165, 1.54) is 37.7 Å². The minimum absolute atomic E-state index is 0.322. The van der Waals surface area contributed by atoms with Gasteiger partial charge in [0.1, 0.15) is 5.75 Å². The lowest BCUT2D eigenvalue weighted by Crippen LogP contribution is -2.30. The van der Waals surface area contributed by atoms with Gasteiger partial charge in [-0.2, -0.15) is 0 Å². The molecule has 21 heavy (non-hydrogen) atoms. The molecule has 1 unspecified atom stereocenters. The molecule has 1 heteroatoms. The molecule has 1 nitrogen and oxygen atoms in total. The van der Waals surface area contributed by atoms with Gasteiger partial charge in [0.15, 0.2) is 0 Å². The van der Waals surface area contributed by atoms with Crippen LogP contribution in [-0.4, -0.2) is 5.11 Å². The van der Waals surface area contributed by atoms with Crippen LogP contribution in [0.5, 0.6) is 5.75 Å². The molecule has 0 fully saturated rings. The molecule has 1 atom stereocenters. The molecule has 120 valence electrons. The summed E-state index contributed by atoms with van der Waals surface area (Å²) >= 11 is 0. The zero-order chi connectivity index (χ0) is 16.1. The Balaban J connectivity index is 3.20. The standard InChI is InChI=1S/C20H34O/c1-7-19(5,8-2)15-18(20(6,9-3)10-4)16-11-13-17(21)14-12-16/h11-14,18,21H,7-10,15H2,1-6H3. The van der Waals surface area contributed by atoms with Gasteiger partial charge in [0.2, 0.25) is 0 Å². The first-order chi connectivity index (χ1) is 9.84. The highest BCUT2D eigenvalue weighted by molar-refractivity contribution is 5.29. The topological polar surface area (TPSA) is 20.2 Å². The van der Waals surface area contributed by atoms with E-state index >= 15 is 0 Å². The molecule has 0 aromatic heterocycles. The second-order valence-corrected chi connectivity index (χ2v) is 7.23. The first kappa shape index (κ1) is 18.1. The third-order valence-corrected chi connectivity index (χ3v) is 6.16. The average molecular weight is 290 g/mol. The Kier molecular flexibility index (Phi) is 6.31. The molecule has 1 rings (SSSR count). The molecule has 1 aromatic rings. The van der Waals surface area contributed by atoms with Crippen LogP contribution in [0.1, 0.15) is 85.1 Å². The lowest BCUT2D eigenvalue weighted by Gasteiger charge is -2.42. The fourth-order valence-corrected chi connectivity index (χ4v) is 3.25. The van der Waals surface area contributed by atoms with Crippen LogP contribution in [0.4, 0.5) is 0 Å². The van der Waals surface area contributed by atoms with Crippen LogP contribution in [0, 0.1) is 10.8 Å². The molecule has 0 saturated carbocycles. The van der Waals surface area contributed by atoms with Crippen molar-refractivity contribution in [1.29, 1.82) is 0 Å². The number of phenolic OH excluding ortho intramolecular Hbond substituents is 1. The number of benzene rings is 1. The lowest BCUT2D eigenvalue weighted by molar-refractivity contribution is 0.150. The Hall–Kier alpha value is -0.980. The zero-order valence-corrected chi connectivity index (χ0v) is 14.9. The molecule has 1 N–H and O–H groups in total. The number of aromatic hydroxyl groups is 1. The molecule has 0 heterocycles. The highest BCUT2D eigenvalue weighted by atomic mass is 16.3. The van der Waals surface area contributed by atoms with Crippen LogP contribution in [0.2, 0.25) is 0 Å². The first-order valence-corrected chi connectivity index (χ1v) is 8.63.